The number of rotatable bonds is 4. The smallest absolute Gasteiger partial charge is 0.276 e. The number of carbonyl (C=O) groups excluding carboxylic acids is 1. The van der Waals surface area contributed by atoms with E-state index in [0.29, 0.717) is 17.9 Å². The third-order valence-electron chi connectivity index (χ3n) is 5.17. The first-order chi connectivity index (χ1) is 13.5. The zero-order valence-corrected chi connectivity index (χ0v) is 16.5. The first kappa shape index (κ1) is 18.2. The summed E-state index contributed by atoms with van der Waals surface area (Å²) >= 11 is 0. The number of anilines is 1. The maximum absolute atomic E-state index is 13.0. The Morgan fingerprint density at radius 3 is 2.61 bits per heavy atom. The molecule has 1 saturated heterocycles. The highest BCUT2D eigenvalue weighted by Gasteiger charge is 2.30. The second kappa shape index (κ2) is 7.46. The van der Waals surface area contributed by atoms with E-state index >= 15 is 0 Å². The molecule has 1 aliphatic rings. The fraction of sp³-hybridized carbons (Fsp3) is 0.318. The molecule has 144 valence electrons. The summed E-state index contributed by atoms with van der Waals surface area (Å²) < 4.78 is 0. The summed E-state index contributed by atoms with van der Waals surface area (Å²) in [6, 6.07) is 16.5. The van der Waals surface area contributed by atoms with E-state index in [-0.39, 0.29) is 11.9 Å². The molecule has 1 aromatic heterocycles. The fourth-order valence-electron chi connectivity index (χ4n) is 3.70. The van der Waals surface area contributed by atoms with E-state index in [1.807, 2.05) is 61.2 Å². The predicted octanol–water partition coefficient (Wildman–Crippen LogP) is 3.52. The molecule has 6 heteroatoms. The molecule has 1 aliphatic heterocycles. The predicted molar refractivity (Wildman–Crippen MR) is 110 cm³/mol. The van der Waals surface area contributed by atoms with Crippen LogP contribution in [-0.2, 0) is 0 Å². The molecule has 2 aromatic carbocycles. The molecule has 6 nitrogen and oxygen atoms in total. The molecule has 0 bridgehead atoms. The number of hydrogen-bond donors (Lipinski definition) is 1. The lowest BCUT2D eigenvalue weighted by atomic mass is 10.1. The number of hydrogen-bond acceptors (Lipinski definition) is 4. The molecule has 1 amide bonds. The first-order valence-corrected chi connectivity index (χ1v) is 9.63. The van der Waals surface area contributed by atoms with Gasteiger partial charge in [-0.3, -0.25) is 4.79 Å². The van der Waals surface area contributed by atoms with Crippen molar-refractivity contribution in [2.75, 3.05) is 18.4 Å². The van der Waals surface area contributed by atoms with E-state index in [4.69, 9.17) is 0 Å². The van der Waals surface area contributed by atoms with Crippen LogP contribution in [0.3, 0.4) is 0 Å². The Hall–Kier alpha value is -3.15. The molecule has 0 aliphatic carbocycles. The standard InChI is InChI=1S/C22H25N5O/c1-15-9-10-20(16(2)13-15)27-24-17(3)21(25-27)22(28)26-12-11-19(14-26)23-18-7-5-4-6-8-18/h4-10,13,19,23H,11-12,14H2,1-3H3. The van der Waals surface area contributed by atoms with E-state index < -0.39 is 0 Å². The van der Waals surface area contributed by atoms with Gasteiger partial charge in [-0.05, 0) is 51.0 Å². The van der Waals surface area contributed by atoms with Gasteiger partial charge in [-0.2, -0.15) is 9.90 Å². The van der Waals surface area contributed by atoms with Crippen LogP contribution in [0.15, 0.2) is 48.5 Å². The van der Waals surface area contributed by atoms with Crippen molar-refractivity contribution >= 4 is 11.6 Å². The normalized spacial score (nSPS) is 16.4. The summed E-state index contributed by atoms with van der Waals surface area (Å²) in [5.41, 5.74) is 5.35. The molecular weight excluding hydrogens is 350 g/mol. The van der Waals surface area contributed by atoms with Crippen molar-refractivity contribution in [3.63, 3.8) is 0 Å². The molecule has 4 rings (SSSR count). The Balaban J connectivity index is 1.49. The first-order valence-electron chi connectivity index (χ1n) is 9.63. The van der Waals surface area contributed by atoms with Gasteiger partial charge in [-0.25, -0.2) is 0 Å². The summed E-state index contributed by atoms with van der Waals surface area (Å²) in [6.07, 6.45) is 0.922. The van der Waals surface area contributed by atoms with Gasteiger partial charge in [-0.15, -0.1) is 5.10 Å². The number of nitrogens with one attached hydrogen (secondary N) is 1. The van der Waals surface area contributed by atoms with Gasteiger partial charge in [0.25, 0.3) is 5.91 Å². The Kier molecular flexibility index (Phi) is 4.86. The zero-order chi connectivity index (χ0) is 19.7. The van der Waals surface area contributed by atoms with Gasteiger partial charge in [-0.1, -0.05) is 35.9 Å². The Labute approximate surface area is 165 Å². The van der Waals surface area contributed by atoms with Crippen LogP contribution in [-0.4, -0.2) is 44.9 Å². The van der Waals surface area contributed by atoms with Gasteiger partial charge >= 0.3 is 0 Å². The average molecular weight is 375 g/mol. The van der Waals surface area contributed by atoms with Gasteiger partial charge in [0.1, 0.15) is 0 Å². The number of carbonyl (C=O) groups is 1. The molecule has 0 spiro atoms. The third-order valence-corrected chi connectivity index (χ3v) is 5.17. The van der Waals surface area contributed by atoms with Crippen molar-refractivity contribution in [1.82, 2.24) is 19.9 Å². The number of nitrogens with zero attached hydrogens (tertiary/aromatic N) is 4. The van der Waals surface area contributed by atoms with Gasteiger partial charge < -0.3 is 10.2 Å². The second-order valence-corrected chi connectivity index (χ2v) is 7.46. The molecule has 2 heterocycles. The highest BCUT2D eigenvalue weighted by Crippen LogP contribution is 2.20. The summed E-state index contributed by atoms with van der Waals surface area (Å²) in [5, 5.41) is 12.5. The van der Waals surface area contributed by atoms with Gasteiger partial charge in [0.05, 0.1) is 11.4 Å². The van der Waals surface area contributed by atoms with Crippen molar-refractivity contribution in [2.45, 2.75) is 33.2 Å². The topological polar surface area (TPSA) is 63.1 Å². The molecule has 0 saturated carbocycles. The van der Waals surface area contributed by atoms with Crippen LogP contribution in [0.5, 0.6) is 0 Å². The van der Waals surface area contributed by atoms with Crippen molar-refractivity contribution in [1.29, 1.82) is 0 Å². The lowest BCUT2D eigenvalue weighted by Gasteiger charge is -2.17. The Bertz CT molecular complexity index is 995. The van der Waals surface area contributed by atoms with Crippen molar-refractivity contribution < 1.29 is 4.79 Å². The van der Waals surface area contributed by atoms with E-state index in [9.17, 15) is 4.79 Å². The zero-order valence-electron chi connectivity index (χ0n) is 16.5. The highest BCUT2D eigenvalue weighted by molar-refractivity contribution is 5.93. The summed E-state index contributed by atoms with van der Waals surface area (Å²) in [5.74, 6) is -0.0501. The molecule has 1 N–H and O–H groups in total. The van der Waals surface area contributed by atoms with E-state index in [1.165, 1.54) is 5.56 Å². The van der Waals surface area contributed by atoms with Crippen LogP contribution < -0.4 is 5.32 Å². The number of likely N-dealkylation sites (tertiary alicyclic amines) is 1. The quantitative estimate of drug-likeness (QED) is 0.758. The number of amides is 1. The average Bonchev–Trinajstić information content (AvgIpc) is 3.29. The number of aryl methyl sites for hydroxylation is 3. The minimum absolute atomic E-state index is 0.0501. The fourth-order valence-corrected chi connectivity index (χ4v) is 3.70. The number of para-hydroxylation sites is 1. The van der Waals surface area contributed by atoms with Gasteiger partial charge in [0, 0.05) is 24.8 Å². The molecule has 0 radical (unpaired) electrons. The summed E-state index contributed by atoms with van der Waals surface area (Å²) in [6.45, 7) is 7.32. The highest BCUT2D eigenvalue weighted by atomic mass is 16.2. The number of benzene rings is 2. The largest absolute Gasteiger partial charge is 0.380 e. The van der Waals surface area contributed by atoms with E-state index in [1.54, 1.807) is 4.80 Å². The summed E-state index contributed by atoms with van der Waals surface area (Å²) in [7, 11) is 0. The van der Waals surface area contributed by atoms with Crippen molar-refractivity contribution in [3.05, 3.63) is 71.0 Å². The molecule has 1 unspecified atom stereocenters. The van der Waals surface area contributed by atoms with Crippen LogP contribution in [0.25, 0.3) is 5.69 Å². The van der Waals surface area contributed by atoms with E-state index in [0.717, 1.165) is 29.9 Å². The van der Waals surface area contributed by atoms with Gasteiger partial charge in [0.2, 0.25) is 0 Å². The van der Waals surface area contributed by atoms with Crippen molar-refractivity contribution in [3.8, 4) is 5.69 Å². The lowest BCUT2D eigenvalue weighted by molar-refractivity contribution is 0.0784. The third kappa shape index (κ3) is 3.63. The number of aromatic nitrogens is 3. The summed E-state index contributed by atoms with van der Waals surface area (Å²) in [4.78, 5) is 16.5. The Morgan fingerprint density at radius 1 is 1.07 bits per heavy atom. The molecule has 1 atom stereocenters. The maximum atomic E-state index is 13.0. The second-order valence-electron chi connectivity index (χ2n) is 7.46. The minimum Gasteiger partial charge on any atom is -0.380 e. The lowest BCUT2D eigenvalue weighted by Crippen LogP contribution is -2.32. The van der Waals surface area contributed by atoms with Crippen LogP contribution in [0.4, 0.5) is 5.69 Å². The van der Waals surface area contributed by atoms with Crippen LogP contribution in [0, 0.1) is 20.8 Å². The van der Waals surface area contributed by atoms with Crippen LogP contribution in [0.1, 0.15) is 33.7 Å². The van der Waals surface area contributed by atoms with Gasteiger partial charge in [0.15, 0.2) is 5.69 Å². The molecular formula is C22H25N5O. The minimum atomic E-state index is -0.0501. The van der Waals surface area contributed by atoms with Crippen LogP contribution >= 0.6 is 0 Å². The van der Waals surface area contributed by atoms with Crippen LogP contribution in [0.2, 0.25) is 0 Å². The maximum Gasteiger partial charge on any atom is 0.276 e. The van der Waals surface area contributed by atoms with E-state index in [2.05, 4.69) is 28.5 Å². The van der Waals surface area contributed by atoms with Crippen molar-refractivity contribution in [2.24, 2.45) is 0 Å². The molecule has 28 heavy (non-hydrogen) atoms. The molecule has 1 fully saturated rings. The SMILES string of the molecule is Cc1ccc(-n2nc(C)c(C(=O)N3CCC(Nc4ccccc4)C3)n2)c(C)c1. The monoisotopic (exact) mass is 375 g/mol. The Morgan fingerprint density at radius 2 is 1.86 bits per heavy atom. The molecule has 3 aromatic rings.